The van der Waals surface area contributed by atoms with Crippen molar-refractivity contribution < 1.29 is 14.4 Å². The summed E-state index contributed by atoms with van der Waals surface area (Å²) in [5.74, 6) is -0.729. The molecule has 0 aromatic heterocycles. The van der Waals surface area contributed by atoms with E-state index in [1.54, 1.807) is 6.92 Å². The van der Waals surface area contributed by atoms with Gasteiger partial charge in [0.25, 0.3) is 5.91 Å². The second-order valence-electron chi connectivity index (χ2n) is 7.94. The van der Waals surface area contributed by atoms with Crippen molar-refractivity contribution in [3.05, 3.63) is 48.0 Å². The maximum Gasteiger partial charge on any atom is 0.325 e. The van der Waals surface area contributed by atoms with Gasteiger partial charge >= 0.3 is 6.03 Å². The van der Waals surface area contributed by atoms with Crippen molar-refractivity contribution in [1.29, 1.82) is 0 Å². The Morgan fingerprint density at radius 3 is 2.62 bits per heavy atom. The number of carbonyl (C=O) groups is 3. The molecule has 1 aliphatic rings. The molecule has 2 N–H and O–H groups in total. The highest BCUT2D eigenvalue weighted by Gasteiger charge is 2.50. The normalized spacial score (nSPS) is 20.0. The number of fused-ring (bicyclic) bond motifs is 1. The van der Waals surface area contributed by atoms with E-state index in [9.17, 15) is 14.4 Å². The van der Waals surface area contributed by atoms with Crippen molar-refractivity contribution in [2.45, 2.75) is 58.0 Å². The summed E-state index contributed by atoms with van der Waals surface area (Å²) in [6.45, 7) is 5.50. The van der Waals surface area contributed by atoms with Gasteiger partial charge in [0.2, 0.25) is 5.91 Å². The third-order valence-corrected chi connectivity index (χ3v) is 5.55. The minimum atomic E-state index is -1.20. The van der Waals surface area contributed by atoms with Crippen LogP contribution in [0.2, 0.25) is 0 Å². The van der Waals surface area contributed by atoms with Crippen molar-refractivity contribution in [1.82, 2.24) is 15.5 Å². The van der Waals surface area contributed by atoms with Crippen LogP contribution in [0.4, 0.5) is 4.79 Å². The number of hydrogen-bond acceptors (Lipinski definition) is 3. The summed E-state index contributed by atoms with van der Waals surface area (Å²) < 4.78 is 0. The number of urea groups is 1. The molecule has 1 fully saturated rings. The van der Waals surface area contributed by atoms with Crippen LogP contribution in [0.3, 0.4) is 0 Å². The average molecular weight is 396 g/mol. The number of benzene rings is 2. The fourth-order valence-corrected chi connectivity index (χ4v) is 3.92. The van der Waals surface area contributed by atoms with Gasteiger partial charge in [-0.2, -0.15) is 0 Å². The van der Waals surface area contributed by atoms with Crippen molar-refractivity contribution in [3.8, 4) is 0 Å². The quantitative estimate of drug-likeness (QED) is 0.528. The highest BCUT2D eigenvalue weighted by Crippen LogP contribution is 2.33. The van der Waals surface area contributed by atoms with Crippen LogP contribution in [0.15, 0.2) is 42.5 Å². The zero-order valence-corrected chi connectivity index (χ0v) is 17.3. The summed E-state index contributed by atoms with van der Waals surface area (Å²) in [5, 5.41) is 7.58. The van der Waals surface area contributed by atoms with Crippen LogP contribution >= 0.6 is 0 Å². The molecular weight excluding hydrogens is 366 g/mol. The molecule has 0 aliphatic carbocycles. The molecule has 0 saturated carbocycles. The van der Waals surface area contributed by atoms with Gasteiger partial charge in [0, 0.05) is 6.04 Å². The maximum atomic E-state index is 13.2. The predicted octanol–water partition coefficient (Wildman–Crippen LogP) is 3.69. The van der Waals surface area contributed by atoms with Crippen LogP contribution in [0.1, 0.15) is 52.0 Å². The molecule has 29 heavy (non-hydrogen) atoms. The first kappa shape index (κ1) is 20.8. The summed E-state index contributed by atoms with van der Waals surface area (Å²) in [6.07, 6.45) is 4.17. The summed E-state index contributed by atoms with van der Waals surface area (Å²) in [6, 6.07) is 12.9. The lowest BCUT2D eigenvalue weighted by atomic mass is 9.88. The number of nitrogens with zero attached hydrogens (tertiary/aromatic N) is 1. The summed E-state index contributed by atoms with van der Waals surface area (Å²) >= 11 is 0. The molecule has 2 unspecified atom stereocenters. The van der Waals surface area contributed by atoms with Crippen LogP contribution in [0, 0.1) is 0 Å². The van der Waals surface area contributed by atoms with Crippen LogP contribution in [-0.2, 0) is 15.1 Å². The van der Waals surface area contributed by atoms with Crippen molar-refractivity contribution in [2.24, 2.45) is 0 Å². The SMILES string of the molecule is CCCCCC(C)NC(=O)CN1C(=O)NC(C)(c2cccc3ccccc23)C1=O. The molecule has 4 amide bonds. The number of amides is 4. The summed E-state index contributed by atoms with van der Waals surface area (Å²) in [5.41, 5.74) is -0.477. The Bertz CT molecular complexity index is 921. The molecule has 1 heterocycles. The molecule has 0 radical (unpaired) electrons. The van der Waals surface area contributed by atoms with E-state index in [-0.39, 0.29) is 18.5 Å². The lowest BCUT2D eigenvalue weighted by molar-refractivity contribution is -0.135. The zero-order chi connectivity index (χ0) is 21.0. The van der Waals surface area contributed by atoms with Gasteiger partial charge in [0.05, 0.1) is 0 Å². The summed E-state index contributed by atoms with van der Waals surface area (Å²) in [7, 11) is 0. The van der Waals surface area contributed by atoms with E-state index in [1.807, 2.05) is 49.4 Å². The first-order chi connectivity index (χ1) is 13.9. The Morgan fingerprint density at radius 2 is 1.86 bits per heavy atom. The van der Waals surface area contributed by atoms with Gasteiger partial charge in [-0.05, 0) is 36.6 Å². The lowest BCUT2D eigenvalue weighted by Gasteiger charge is -2.24. The Kier molecular flexibility index (Phi) is 6.20. The van der Waals surface area contributed by atoms with Crippen LogP contribution in [0.25, 0.3) is 10.8 Å². The van der Waals surface area contributed by atoms with E-state index < -0.39 is 17.5 Å². The Labute approximate surface area is 171 Å². The van der Waals surface area contributed by atoms with E-state index in [2.05, 4.69) is 17.6 Å². The van der Waals surface area contributed by atoms with Gasteiger partial charge in [-0.15, -0.1) is 0 Å². The van der Waals surface area contributed by atoms with Gasteiger partial charge in [-0.1, -0.05) is 68.7 Å². The standard InChI is InChI=1S/C23H29N3O3/c1-4-5-6-10-16(2)24-20(27)15-26-21(28)23(3,25-22(26)29)19-14-9-12-17-11-7-8-13-18(17)19/h7-9,11-14,16H,4-6,10,15H2,1-3H3,(H,24,27)(H,25,29). The minimum Gasteiger partial charge on any atom is -0.352 e. The molecule has 154 valence electrons. The first-order valence-corrected chi connectivity index (χ1v) is 10.3. The van der Waals surface area contributed by atoms with E-state index in [0.717, 1.165) is 46.9 Å². The highest BCUT2D eigenvalue weighted by atomic mass is 16.2. The molecule has 1 saturated heterocycles. The van der Waals surface area contributed by atoms with Gasteiger partial charge in [-0.25, -0.2) is 4.79 Å². The van der Waals surface area contributed by atoms with Gasteiger partial charge in [-0.3, -0.25) is 14.5 Å². The molecule has 2 aromatic rings. The molecule has 2 aromatic carbocycles. The summed E-state index contributed by atoms with van der Waals surface area (Å²) in [4.78, 5) is 39.2. The molecule has 1 aliphatic heterocycles. The third-order valence-electron chi connectivity index (χ3n) is 5.55. The van der Waals surface area contributed by atoms with Crippen LogP contribution in [-0.4, -0.2) is 35.3 Å². The molecule has 6 nitrogen and oxygen atoms in total. The Hall–Kier alpha value is -2.89. The topological polar surface area (TPSA) is 78.5 Å². The number of carbonyl (C=O) groups excluding carboxylic acids is 3. The fraction of sp³-hybridized carbons (Fsp3) is 0.435. The number of imide groups is 1. The lowest BCUT2D eigenvalue weighted by Crippen LogP contribution is -2.45. The number of rotatable bonds is 8. The number of unbranched alkanes of at least 4 members (excludes halogenated alkanes) is 2. The predicted molar refractivity (Wildman–Crippen MR) is 113 cm³/mol. The van der Waals surface area contributed by atoms with Gasteiger partial charge < -0.3 is 10.6 Å². The smallest absolute Gasteiger partial charge is 0.325 e. The zero-order valence-electron chi connectivity index (χ0n) is 17.3. The molecule has 0 bridgehead atoms. The largest absolute Gasteiger partial charge is 0.352 e. The van der Waals surface area contributed by atoms with E-state index >= 15 is 0 Å². The number of hydrogen-bond donors (Lipinski definition) is 2. The molecule has 0 spiro atoms. The first-order valence-electron chi connectivity index (χ1n) is 10.3. The van der Waals surface area contributed by atoms with Gasteiger partial charge in [0.15, 0.2) is 0 Å². The van der Waals surface area contributed by atoms with E-state index in [1.165, 1.54) is 0 Å². The Balaban J connectivity index is 1.74. The Morgan fingerprint density at radius 1 is 1.14 bits per heavy atom. The fourth-order valence-electron chi connectivity index (χ4n) is 3.92. The average Bonchev–Trinajstić information content (AvgIpc) is 2.91. The molecular formula is C23H29N3O3. The maximum absolute atomic E-state index is 13.2. The van der Waals surface area contributed by atoms with E-state index in [0.29, 0.717) is 0 Å². The minimum absolute atomic E-state index is 0.0132. The third kappa shape index (κ3) is 4.26. The second kappa shape index (κ2) is 8.64. The molecule has 6 heteroatoms. The van der Waals surface area contributed by atoms with Gasteiger partial charge in [0.1, 0.15) is 12.1 Å². The highest BCUT2D eigenvalue weighted by molar-refractivity contribution is 6.10. The number of nitrogens with one attached hydrogen (secondary N) is 2. The second-order valence-corrected chi connectivity index (χ2v) is 7.94. The molecule has 2 atom stereocenters. The van der Waals surface area contributed by atoms with Crippen molar-refractivity contribution in [2.75, 3.05) is 6.54 Å². The van der Waals surface area contributed by atoms with Crippen molar-refractivity contribution >= 4 is 28.6 Å². The van der Waals surface area contributed by atoms with Crippen molar-refractivity contribution in [3.63, 3.8) is 0 Å². The van der Waals surface area contributed by atoms with E-state index in [4.69, 9.17) is 0 Å². The monoisotopic (exact) mass is 395 g/mol. The van der Waals surface area contributed by atoms with Crippen LogP contribution < -0.4 is 10.6 Å². The molecule has 3 rings (SSSR count). The van der Waals surface area contributed by atoms with Crippen LogP contribution in [0.5, 0.6) is 0 Å².